The molecule has 0 radical (unpaired) electrons. The number of rotatable bonds is 3. The molecule has 0 aliphatic rings. The van der Waals surface area contributed by atoms with E-state index in [0.29, 0.717) is 22.3 Å². The van der Waals surface area contributed by atoms with Gasteiger partial charge < -0.3 is 9.63 Å². The van der Waals surface area contributed by atoms with Crippen molar-refractivity contribution in [1.82, 2.24) is 10.1 Å². The molecule has 3 rings (SSSR count). The standard InChI is InChI=1S/C15H9ClN2O3/c16-12-7-5-10(6-8-12)14-17-13(18-21-14)9-1-3-11(4-2-9)15(19)20/h1-8H,(H,19,20). The number of aromatic nitrogens is 2. The van der Waals surface area contributed by atoms with Gasteiger partial charge >= 0.3 is 5.97 Å². The third-order valence-corrected chi connectivity index (χ3v) is 3.16. The van der Waals surface area contributed by atoms with Gasteiger partial charge in [-0.1, -0.05) is 28.9 Å². The Labute approximate surface area is 124 Å². The van der Waals surface area contributed by atoms with Gasteiger partial charge in [-0.25, -0.2) is 4.79 Å². The summed E-state index contributed by atoms with van der Waals surface area (Å²) >= 11 is 5.83. The van der Waals surface area contributed by atoms with Crippen LogP contribution in [0, 0.1) is 0 Å². The van der Waals surface area contributed by atoms with Crippen LogP contribution < -0.4 is 0 Å². The van der Waals surface area contributed by atoms with Gasteiger partial charge in [-0.3, -0.25) is 0 Å². The van der Waals surface area contributed by atoms with Gasteiger partial charge in [-0.05, 0) is 36.4 Å². The summed E-state index contributed by atoms with van der Waals surface area (Å²) in [6, 6.07) is 13.3. The SMILES string of the molecule is O=C(O)c1ccc(-c2noc(-c3ccc(Cl)cc3)n2)cc1. The van der Waals surface area contributed by atoms with Crippen LogP contribution in [0.5, 0.6) is 0 Å². The number of aromatic carboxylic acids is 1. The Morgan fingerprint density at radius 2 is 1.62 bits per heavy atom. The predicted molar refractivity (Wildman–Crippen MR) is 77.1 cm³/mol. The molecule has 0 amide bonds. The van der Waals surface area contributed by atoms with Gasteiger partial charge in [0.25, 0.3) is 5.89 Å². The number of carboxylic acids is 1. The van der Waals surface area contributed by atoms with E-state index in [-0.39, 0.29) is 5.56 Å². The van der Waals surface area contributed by atoms with E-state index in [4.69, 9.17) is 21.2 Å². The first kappa shape index (κ1) is 13.3. The van der Waals surface area contributed by atoms with E-state index >= 15 is 0 Å². The van der Waals surface area contributed by atoms with E-state index in [1.807, 2.05) is 0 Å². The van der Waals surface area contributed by atoms with E-state index in [1.54, 1.807) is 36.4 Å². The van der Waals surface area contributed by atoms with Gasteiger partial charge in [0, 0.05) is 16.1 Å². The van der Waals surface area contributed by atoms with Gasteiger partial charge in [-0.2, -0.15) is 4.98 Å². The molecule has 0 atom stereocenters. The zero-order valence-corrected chi connectivity index (χ0v) is 11.4. The minimum atomic E-state index is -0.975. The van der Waals surface area contributed by atoms with Crippen molar-refractivity contribution < 1.29 is 14.4 Å². The highest BCUT2D eigenvalue weighted by atomic mass is 35.5. The summed E-state index contributed by atoms with van der Waals surface area (Å²) in [6.07, 6.45) is 0. The molecular formula is C15H9ClN2O3. The van der Waals surface area contributed by atoms with E-state index in [9.17, 15) is 4.79 Å². The molecule has 0 aliphatic heterocycles. The fraction of sp³-hybridized carbons (Fsp3) is 0. The minimum absolute atomic E-state index is 0.208. The topological polar surface area (TPSA) is 76.2 Å². The molecule has 2 aromatic carbocycles. The summed E-state index contributed by atoms with van der Waals surface area (Å²) in [7, 11) is 0. The summed E-state index contributed by atoms with van der Waals surface area (Å²) in [5, 5.41) is 13.4. The van der Waals surface area contributed by atoms with Crippen LogP contribution in [0.4, 0.5) is 0 Å². The molecule has 0 unspecified atom stereocenters. The molecule has 0 bridgehead atoms. The summed E-state index contributed by atoms with van der Waals surface area (Å²) in [6.45, 7) is 0. The number of benzene rings is 2. The Hall–Kier alpha value is -2.66. The van der Waals surface area contributed by atoms with Crippen LogP contribution in [0.3, 0.4) is 0 Å². The second-order valence-electron chi connectivity index (χ2n) is 4.31. The maximum absolute atomic E-state index is 10.8. The summed E-state index contributed by atoms with van der Waals surface area (Å²) < 4.78 is 5.20. The maximum Gasteiger partial charge on any atom is 0.335 e. The maximum atomic E-state index is 10.8. The van der Waals surface area contributed by atoms with Crippen LogP contribution in [0.1, 0.15) is 10.4 Å². The smallest absolute Gasteiger partial charge is 0.335 e. The van der Waals surface area contributed by atoms with Crippen LogP contribution in [0.15, 0.2) is 53.1 Å². The molecule has 104 valence electrons. The first-order valence-electron chi connectivity index (χ1n) is 6.07. The fourth-order valence-corrected chi connectivity index (χ4v) is 1.94. The molecule has 0 saturated heterocycles. The first-order valence-corrected chi connectivity index (χ1v) is 6.44. The predicted octanol–water partition coefficient (Wildman–Crippen LogP) is 3.76. The molecule has 0 aliphatic carbocycles. The molecular weight excluding hydrogens is 292 g/mol. The second kappa shape index (κ2) is 5.38. The molecule has 0 fully saturated rings. The van der Waals surface area contributed by atoms with Crippen LogP contribution in [-0.2, 0) is 0 Å². The molecule has 0 saturated carbocycles. The number of halogens is 1. The van der Waals surface area contributed by atoms with Crippen molar-refractivity contribution in [3.63, 3.8) is 0 Å². The molecule has 3 aromatic rings. The lowest BCUT2D eigenvalue weighted by atomic mass is 10.1. The lowest BCUT2D eigenvalue weighted by Crippen LogP contribution is -1.95. The number of nitrogens with zero attached hydrogens (tertiary/aromatic N) is 2. The Kier molecular flexibility index (Phi) is 3.41. The van der Waals surface area contributed by atoms with Crippen LogP contribution in [0.2, 0.25) is 5.02 Å². The Morgan fingerprint density at radius 1 is 1.00 bits per heavy atom. The van der Waals surface area contributed by atoms with Gasteiger partial charge in [0.05, 0.1) is 5.56 Å². The van der Waals surface area contributed by atoms with Gasteiger partial charge in [0.1, 0.15) is 0 Å². The zero-order chi connectivity index (χ0) is 14.8. The number of hydrogen-bond acceptors (Lipinski definition) is 4. The van der Waals surface area contributed by atoms with Crippen molar-refractivity contribution in [2.75, 3.05) is 0 Å². The summed E-state index contributed by atoms with van der Waals surface area (Å²) in [4.78, 5) is 15.1. The summed E-state index contributed by atoms with van der Waals surface area (Å²) in [5.41, 5.74) is 1.66. The molecule has 0 spiro atoms. The second-order valence-corrected chi connectivity index (χ2v) is 4.75. The quantitative estimate of drug-likeness (QED) is 0.797. The van der Waals surface area contributed by atoms with Crippen LogP contribution in [0.25, 0.3) is 22.8 Å². The van der Waals surface area contributed by atoms with E-state index in [1.165, 1.54) is 12.1 Å². The van der Waals surface area contributed by atoms with Crippen molar-refractivity contribution in [3.8, 4) is 22.8 Å². The Morgan fingerprint density at radius 3 is 2.24 bits per heavy atom. The van der Waals surface area contributed by atoms with Crippen molar-refractivity contribution in [3.05, 3.63) is 59.1 Å². The Balaban J connectivity index is 1.90. The van der Waals surface area contributed by atoms with Crippen molar-refractivity contribution >= 4 is 17.6 Å². The first-order chi connectivity index (χ1) is 10.1. The molecule has 21 heavy (non-hydrogen) atoms. The lowest BCUT2D eigenvalue weighted by Gasteiger charge is -1.96. The highest BCUT2D eigenvalue weighted by molar-refractivity contribution is 6.30. The van der Waals surface area contributed by atoms with Crippen molar-refractivity contribution in [1.29, 1.82) is 0 Å². The van der Waals surface area contributed by atoms with Crippen molar-refractivity contribution in [2.24, 2.45) is 0 Å². The zero-order valence-electron chi connectivity index (χ0n) is 10.7. The number of hydrogen-bond donors (Lipinski definition) is 1. The third kappa shape index (κ3) is 2.78. The van der Waals surface area contributed by atoms with Gasteiger partial charge in [0.2, 0.25) is 5.82 Å². The molecule has 6 heteroatoms. The Bertz CT molecular complexity index is 779. The minimum Gasteiger partial charge on any atom is -0.478 e. The number of carbonyl (C=O) groups is 1. The largest absolute Gasteiger partial charge is 0.478 e. The number of carboxylic acid groups (broad SMARTS) is 1. The van der Waals surface area contributed by atoms with E-state index < -0.39 is 5.97 Å². The van der Waals surface area contributed by atoms with Gasteiger partial charge in [-0.15, -0.1) is 0 Å². The normalized spacial score (nSPS) is 10.5. The third-order valence-electron chi connectivity index (χ3n) is 2.91. The van der Waals surface area contributed by atoms with Gasteiger partial charge in [0.15, 0.2) is 0 Å². The monoisotopic (exact) mass is 300 g/mol. The van der Waals surface area contributed by atoms with Crippen LogP contribution >= 0.6 is 11.6 Å². The molecule has 1 aromatic heterocycles. The lowest BCUT2D eigenvalue weighted by molar-refractivity contribution is 0.0697. The van der Waals surface area contributed by atoms with E-state index in [0.717, 1.165) is 5.56 Å². The average Bonchev–Trinajstić information content (AvgIpc) is 2.98. The molecule has 5 nitrogen and oxygen atoms in total. The molecule has 1 N–H and O–H groups in total. The molecule has 1 heterocycles. The fourth-order valence-electron chi connectivity index (χ4n) is 1.81. The van der Waals surface area contributed by atoms with E-state index in [2.05, 4.69) is 10.1 Å². The highest BCUT2D eigenvalue weighted by Crippen LogP contribution is 2.23. The summed E-state index contributed by atoms with van der Waals surface area (Å²) in [5.74, 6) is -0.197. The van der Waals surface area contributed by atoms with Crippen molar-refractivity contribution in [2.45, 2.75) is 0 Å². The average molecular weight is 301 g/mol. The highest BCUT2D eigenvalue weighted by Gasteiger charge is 2.11. The van der Waals surface area contributed by atoms with Crippen LogP contribution in [-0.4, -0.2) is 21.2 Å².